The molecule has 0 N–H and O–H groups in total. The third-order valence-corrected chi connectivity index (χ3v) is 2.94. The van der Waals surface area contributed by atoms with Crippen molar-refractivity contribution >= 4 is 21.8 Å². The Morgan fingerprint density at radius 1 is 1.00 bits per heavy atom. The SMILES string of the molecule is CC(C)(C)n1cc2ccc3cccnc3c2n1. The Morgan fingerprint density at radius 3 is 2.53 bits per heavy atom. The van der Waals surface area contributed by atoms with Gasteiger partial charge < -0.3 is 0 Å². The number of pyridine rings is 1. The molecule has 2 heterocycles. The van der Waals surface area contributed by atoms with Gasteiger partial charge in [0.15, 0.2) is 0 Å². The summed E-state index contributed by atoms with van der Waals surface area (Å²) < 4.78 is 2.01. The fraction of sp³-hybridized carbons (Fsp3) is 0.286. The highest BCUT2D eigenvalue weighted by Crippen LogP contribution is 2.24. The van der Waals surface area contributed by atoms with Gasteiger partial charge in [0.05, 0.1) is 11.1 Å². The first kappa shape index (κ1) is 10.3. The van der Waals surface area contributed by atoms with Gasteiger partial charge in [-0.15, -0.1) is 0 Å². The van der Waals surface area contributed by atoms with Crippen LogP contribution >= 0.6 is 0 Å². The summed E-state index contributed by atoms with van der Waals surface area (Å²) in [6, 6.07) is 8.22. The minimum Gasteiger partial charge on any atom is -0.266 e. The molecular weight excluding hydrogens is 210 g/mol. The molecule has 0 saturated heterocycles. The van der Waals surface area contributed by atoms with Crippen LogP contribution < -0.4 is 0 Å². The molecule has 86 valence electrons. The van der Waals surface area contributed by atoms with Gasteiger partial charge >= 0.3 is 0 Å². The van der Waals surface area contributed by atoms with Gasteiger partial charge in [0.1, 0.15) is 5.52 Å². The Morgan fingerprint density at radius 2 is 1.76 bits per heavy atom. The molecule has 0 aliphatic carbocycles. The Kier molecular flexibility index (Phi) is 1.99. The van der Waals surface area contributed by atoms with Crippen LogP contribution in [-0.4, -0.2) is 14.8 Å². The van der Waals surface area contributed by atoms with Crippen LogP contribution in [0.3, 0.4) is 0 Å². The van der Waals surface area contributed by atoms with Crippen molar-refractivity contribution in [2.75, 3.05) is 0 Å². The average molecular weight is 225 g/mol. The second-order valence-electron chi connectivity index (χ2n) is 5.32. The second kappa shape index (κ2) is 3.29. The summed E-state index contributed by atoms with van der Waals surface area (Å²) in [6.07, 6.45) is 3.90. The molecule has 0 amide bonds. The molecule has 0 atom stereocenters. The first-order chi connectivity index (χ1) is 8.05. The first-order valence-electron chi connectivity index (χ1n) is 5.79. The highest BCUT2D eigenvalue weighted by atomic mass is 15.3. The number of fused-ring (bicyclic) bond motifs is 3. The van der Waals surface area contributed by atoms with E-state index in [9.17, 15) is 0 Å². The summed E-state index contributed by atoms with van der Waals surface area (Å²) in [5.74, 6) is 0. The van der Waals surface area contributed by atoms with Crippen LogP contribution in [0, 0.1) is 0 Å². The average Bonchev–Trinajstić information content (AvgIpc) is 2.72. The van der Waals surface area contributed by atoms with E-state index in [4.69, 9.17) is 0 Å². The Balaban J connectivity index is 2.39. The van der Waals surface area contributed by atoms with Gasteiger partial charge in [-0.25, -0.2) is 0 Å². The highest BCUT2D eigenvalue weighted by Gasteiger charge is 2.15. The number of hydrogen-bond acceptors (Lipinski definition) is 2. The van der Waals surface area contributed by atoms with Crippen LogP contribution in [0.25, 0.3) is 21.8 Å². The normalized spacial score (nSPS) is 12.4. The Labute approximate surface area is 100 Å². The molecule has 0 aliphatic heterocycles. The van der Waals surface area contributed by atoms with E-state index < -0.39 is 0 Å². The summed E-state index contributed by atoms with van der Waals surface area (Å²) in [5.41, 5.74) is 1.96. The lowest BCUT2D eigenvalue weighted by atomic mass is 10.1. The quantitative estimate of drug-likeness (QED) is 0.587. The molecule has 0 saturated carbocycles. The zero-order chi connectivity index (χ0) is 12.0. The molecule has 0 radical (unpaired) electrons. The molecule has 0 unspecified atom stereocenters. The smallest absolute Gasteiger partial charge is 0.119 e. The molecule has 3 aromatic rings. The van der Waals surface area contributed by atoms with E-state index in [0.29, 0.717) is 0 Å². The van der Waals surface area contributed by atoms with Crippen molar-refractivity contribution in [1.82, 2.24) is 14.8 Å². The van der Waals surface area contributed by atoms with E-state index in [1.54, 1.807) is 0 Å². The Bertz CT molecular complexity index is 689. The molecule has 3 nitrogen and oxygen atoms in total. The minimum atomic E-state index is 0.000123. The van der Waals surface area contributed by atoms with Crippen molar-refractivity contribution < 1.29 is 0 Å². The topological polar surface area (TPSA) is 30.7 Å². The first-order valence-corrected chi connectivity index (χ1v) is 5.79. The van der Waals surface area contributed by atoms with E-state index in [2.05, 4.69) is 55.2 Å². The van der Waals surface area contributed by atoms with E-state index in [-0.39, 0.29) is 5.54 Å². The standard InChI is InChI=1S/C14H15N3/c1-14(2,3)17-9-11-7-6-10-5-4-8-15-12(10)13(11)16-17/h4-9H,1-3H3. The monoisotopic (exact) mass is 225 g/mol. The van der Waals surface area contributed by atoms with Crippen LogP contribution in [0.5, 0.6) is 0 Å². The van der Waals surface area contributed by atoms with Crippen molar-refractivity contribution in [3.63, 3.8) is 0 Å². The fourth-order valence-electron chi connectivity index (χ4n) is 1.97. The number of hydrogen-bond donors (Lipinski definition) is 0. The van der Waals surface area contributed by atoms with Crippen LogP contribution in [-0.2, 0) is 5.54 Å². The predicted molar refractivity (Wildman–Crippen MR) is 70.0 cm³/mol. The van der Waals surface area contributed by atoms with E-state index in [0.717, 1.165) is 21.8 Å². The maximum absolute atomic E-state index is 4.67. The van der Waals surface area contributed by atoms with E-state index in [1.165, 1.54) is 0 Å². The number of nitrogens with zero attached hydrogens (tertiary/aromatic N) is 3. The van der Waals surface area contributed by atoms with E-state index in [1.807, 2.05) is 16.9 Å². The summed E-state index contributed by atoms with van der Waals surface area (Å²) in [5, 5.41) is 6.95. The fourth-order valence-corrected chi connectivity index (χ4v) is 1.97. The summed E-state index contributed by atoms with van der Waals surface area (Å²) >= 11 is 0. The lowest BCUT2D eigenvalue weighted by Crippen LogP contribution is -2.21. The third-order valence-electron chi connectivity index (χ3n) is 2.94. The number of rotatable bonds is 0. The van der Waals surface area contributed by atoms with Gasteiger partial charge in [-0.05, 0) is 26.8 Å². The van der Waals surface area contributed by atoms with Crippen LogP contribution in [0.2, 0.25) is 0 Å². The van der Waals surface area contributed by atoms with Gasteiger partial charge in [0.2, 0.25) is 0 Å². The van der Waals surface area contributed by atoms with Gasteiger partial charge in [0.25, 0.3) is 0 Å². The lowest BCUT2D eigenvalue weighted by molar-refractivity contribution is 0.358. The predicted octanol–water partition coefficient (Wildman–Crippen LogP) is 3.34. The second-order valence-corrected chi connectivity index (χ2v) is 5.32. The summed E-state index contributed by atoms with van der Waals surface area (Å²) in [6.45, 7) is 6.44. The summed E-state index contributed by atoms with van der Waals surface area (Å²) in [4.78, 5) is 4.43. The largest absolute Gasteiger partial charge is 0.266 e. The van der Waals surface area contributed by atoms with Gasteiger partial charge in [-0.3, -0.25) is 9.67 Å². The molecule has 0 bridgehead atoms. The molecule has 3 heteroatoms. The molecule has 0 spiro atoms. The third kappa shape index (κ3) is 1.58. The Hall–Kier alpha value is -1.90. The minimum absolute atomic E-state index is 0.000123. The van der Waals surface area contributed by atoms with Crippen LogP contribution in [0.15, 0.2) is 36.7 Å². The van der Waals surface area contributed by atoms with Gasteiger partial charge in [-0.2, -0.15) is 5.10 Å². The molecule has 2 aromatic heterocycles. The van der Waals surface area contributed by atoms with Crippen LogP contribution in [0.4, 0.5) is 0 Å². The maximum Gasteiger partial charge on any atom is 0.119 e. The zero-order valence-corrected chi connectivity index (χ0v) is 10.3. The maximum atomic E-state index is 4.67. The molecule has 17 heavy (non-hydrogen) atoms. The van der Waals surface area contributed by atoms with Gasteiger partial charge in [0, 0.05) is 23.2 Å². The summed E-state index contributed by atoms with van der Waals surface area (Å²) in [7, 11) is 0. The molecule has 0 aliphatic rings. The van der Waals surface area contributed by atoms with Crippen LogP contribution in [0.1, 0.15) is 20.8 Å². The van der Waals surface area contributed by atoms with Gasteiger partial charge in [-0.1, -0.05) is 18.2 Å². The number of benzene rings is 1. The van der Waals surface area contributed by atoms with Crippen molar-refractivity contribution in [2.24, 2.45) is 0 Å². The van der Waals surface area contributed by atoms with Crippen molar-refractivity contribution in [1.29, 1.82) is 0 Å². The molecular formula is C14H15N3. The van der Waals surface area contributed by atoms with Crippen molar-refractivity contribution in [2.45, 2.75) is 26.3 Å². The molecule has 3 rings (SSSR count). The molecule has 1 aromatic carbocycles. The highest BCUT2D eigenvalue weighted by molar-refractivity contribution is 6.02. The van der Waals surface area contributed by atoms with Crippen molar-refractivity contribution in [3.05, 3.63) is 36.7 Å². The zero-order valence-electron chi connectivity index (χ0n) is 10.3. The van der Waals surface area contributed by atoms with E-state index >= 15 is 0 Å². The lowest BCUT2D eigenvalue weighted by Gasteiger charge is -2.18. The van der Waals surface area contributed by atoms with Crippen molar-refractivity contribution in [3.8, 4) is 0 Å². The molecule has 0 fully saturated rings. The number of aromatic nitrogens is 3.